The van der Waals surface area contributed by atoms with Gasteiger partial charge in [-0.25, -0.2) is 9.97 Å². The number of rotatable bonds is 3. The molecule has 84 valence electrons. The Morgan fingerprint density at radius 1 is 1.47 bits per heavy atom. The first kappa shape index (κ1) is 11.9. The zero-order valence-corrected chi connectivity index (χ0v) is 7.70. The molecule has 1 heterocycles. The highest BCUT2D eigenvalue weighted by Gasteiger charge is 2.33. The van der Waals surface area contributed by atoms with Gasteiger partial charge in [0.05, 0.1) is 6.04 Å². The van der Waals surface area contributed by atoms with Crippen molar-refractivity contribution in [2.75, 3.05) is 6.61 Å². The molecule has 1 aromatic rings. The van der Waals surface area contributed by atoms with Crippen molar-refractivity contribution in [1.29, 1.82) is 0 Å². The molecular weight excluding hydrogens is 211 g/mol. The summed E-state index contributed by atoms with van der Waals surface area (Å²) in [7, 11) is 0. The minimum atomic E-state index is -4.50. The molecule has 0 bridgehead atoms. The summed E-state index contributed by atoms with van der Waals surface area (Å²) in [6.45, 7) is -0.221. The van der Waals surface area contributed by atoms with Crippen LogP contribution in [0.3, 0.4) is 0 Å². The SMILES string of the molecule is NC(CCO)c1nccc(C(F)(F)F)n1. The van der Waals surface area contributed by atoms with Gasteiger partial charge < -0.3 is 10.8 Å². The summed E-state index contributed by atoms with van der Waals surface area (Å²) in [5.74, 6) is -0.112. The van der Waals surface area contributed by atoms with Crippen molar-refractivity contribution < 1.29 is 18.3 Å². The Hall–Kier alpha value is -1.21. The zero-order valence-electron chi connectivity index (χ0n) is 7.70. The van der Waals surface area contributed by atoms with Gasteiger partial charge in [0.2, 0.25) is 0 Å². The highest BCUT2D eigenvalue weighted by molar-refractivity contribution is 5.08. The molecule has 15 heavy (non-hydrogen) atoms. The van der Waals surface area contributed by atoms with Crippen LogP contribution in [-0.4, -0.2) is 21.7 Å². The Morgan fingerprint density at radius 3 is 2.67 bits per heavy atom. The van der Waals surface area contributed by atoms with Gasteiger partial charge in [-0.3, -0.25) is 0 Å². The van der Waals surface area contributed by atoms with Gasteiger partial charge in [0, 0.05) is 12.8 Å². The van der Waals surface area contributed by atoms with Crippen LogP contribution in [0.4, 0.5) is 13.2 Å². The summed E-state index contributed by atoms with van der Waals surface area (Å²) in [5, 5.41) is 8.57. The molecule has 0 saturated carbocycles. The first-order valence-electron chi connectivity index (χ1n) is 4.21. The minimum Gasteiger partial charge on any atom is -0.396 e. The minimum absolute atomic E-state index is 0.112. The topological polar surface area (TPSA) is 72.0 Å². The molecule has 0 aliphatic heterocycles. The number of hydrogen-bond donors (Lipinski definition) is 2. The lowest BCUT2D eigenvalue weighted by Gasteiger charge is -2.10. The van der Waals surface area contributed by atoms with E-state index in [4.69, 9.17) is 10.8 Å². The van der Waals surface area contributed by atoms with E-state index in [9.17, 15) is 13.2 Å². The Kier molecular flexibility index (Phi) is 3.59. The lowest BCUT2D eigenvalue weighted by atomic mass is 10.2. The predicted octanol–water partition coefficient (Wildman–Crippen LogP) is 0.878. The number of halogens is 3. The Labute approximate surface area is 84.0 Å². The second-order valence-corrected chi connectivity index (χ2v) is 2.92. The standard InChI is InChI=1S/C8H10F3N3O/c9-8(10,11)6-1-3-13-7(14-6)5(12)2-4-15/h1,3,5,15H,2,4,12H2. The van der Waals surface area contributed by atoms with Crippen LogP contribution in [0.1, 0.15) is 24.0 Å². The van der Waals surface area contributed by atoms with Gasteiger partial charge in [-0.2, -0.15) is 13.2 Å². The number of aliphatic hydroxyl groups is 1. The fourth-order valence-electron chi connectivity index (χ4n) is 0.978. The Bertz CT molecular complexity index is 329. The van der Waals surface area contributed by atoms with Crippen LogP contribution in [-0.2, 0) is 6.18 Å². The second-order valence-electron chi connectivity index (χ2n) is 2.92. The smallest absolute Gasteiger partial charge is 0.396 e. The van der Waals surface area contributed by atoms with E-state index in [1.54, 1.807) is 0 Å². The second kappa shape index (κ2) is 4.54. The monoisotopic (exact) mass is 221 g/mol. The summed E-state index contributed by atoms with van der Waals surface area (Å²) in [6, 6.07) is -0.00730. The van der Waals surface area contributed by atoms with Gasteiger partial charge >= 0.3 is 6.18 Å². The fourth-order valence-corrected chi connectivity index (χ4v) is 0.978. The van der Waals surface area contributed by atoms with Crippen LogP contribution in [0, 0.1) is 0 Å². The Balaban J connectivity index is 2.92. The quantitative estimate of drug-likeness (QED) is 0.794. The number of aliphatic hydroxyl groups excluding tert-OH is 1. The normalized spacial score (nSPS) is 13.9. The van der Waals surface area contributed by atoms with Gasteiger partial charge in [0.25, 0.3) is 0 Å². The molecule has 0 aromatic carbocycles. The molecule has 1 unspecified atom stereocenters. The van der Waals surface area contributed by atoms with Crippen LogP contribution in [0.5, 0.6) is 0 Å². The van der Waals surface area contributed by atoms with Crippen molar-refractivity contribution in [1.82, 2.24) is 9.97 Å². The predicted molar refractivity (Wildman–Crippen MR) is 45.7 cm³/mol. The fraction of sp³-hybridized carbons (Fsp3) is 0.500. The number of nitrogens with two attached hydrogens (primary N) is 1. The lowest BCUT2D eigenvalue weighted by molar-refractivity contribution is -0.141. The number of hydrogen-bond acceptors (Lipinski definition) is 4. The molecule has 1 atom stereocenters. The number of alkyl halides is 3. The molecule has 0 aliphatic carbocycles. The van der Waals surface area contributed by atoms with Crippen LogP contribution >= 0.6 is 0 Å². The van der Waals surface area contributed by atoms with E-state index in [0.717, 1.165) is 12.3 Å². The van der Waals surface area contributed by atoms with Gasteiger partial charge in [-0.05, 0) is 12.5 Å². The summed E-state index contributed by atoms with van der Waals surface area (Å²) in [6.07, 6.45) is -3.37. The molecule has 0 radical (unpaired) electrons. The number of aromatic nitrogens is 2. The van der Waals surface area contributed by atoms with Gasteiger partial charge in [0.15, 0.2) is 0 Å². The summed E-state index contributed by atoms with van der Waals surface area (Å²) in [5.41, 5.74) is 4.44. The van der Waals surface area contributed by atoms with Gasteiger partial charge in [0.1, 0.15) is 11.5 Å². The van der Waals surface area contributed by atoms with Crippen molar-refractivity contribution in [2.45, 2.75) is 18.6 Å². The zero-order chi connectivity index (χ0) is 11.5. The van der Waals surface area contributed by atoms with Crippen LogP contribution < -0.4 is 5.73 Å². The van der Waals surface area contributed by atoms with E-state index in [2.05, 4.69) is 9.97 Å². The molecule has 3 N–H and O–H groups in total. The molecule has 0 amide bonds. The lowest BCUT2D eigenvalue weighted by Crippen LogP contribution is -2.18. The van der Waals surface area contributed by atoms with Gasteiger partial charge in [-0.15, -0.1) is 0 Å². The first-order chi connectivity index (χ1) is 6.95. The average Bonchev–Trinajstić information content (AvgIpc) is 2.17. The van der Waals surface area contributed by atoms with E-state index in [1.165, 1.54) is 0 Å². The summed E-state index contributed by atoms with van der Waals surface area (Å²) < 4.78 is 36.7. The molecule has 0 spiro atoms. The average molecular weight is 221 g/mol. The van der Waals surface area contributed by atoms with Crippen LogP contribution in [0.25, 0.3) is 0 Å². The van der Waals surface area contributed by atoms with E-state index in [0.29, 0.717) is 0 Å². The van der Waals surface area contributed by atoms with Crippen molar-refractivity contribution in [2.24, 2.45) is 5.73 Å². The maximum absolute atomic E-state index is 12.2. The third kappa shape index (κ3) is 3.14. The third-order valence-electron chi connectivity index (χ3n) is 1.74. The molecule has 7 heteroatoms. The summed E-state index contributed by atoms with van der Waals surface area (Å²) >= 11 is 0. The largest absolute Gasteiger partial charge is 0.433 e. The van der Waals surface area contributed by atoms with Crippen molar-refractivity contribution in [3.8, 4) is 0 Å². The molecular formula is C8H10F3N3O. The molecule has 0 aliphatic rings. The maximum atomic E-state index is 12.2. The molecule has 0 fully saturated rings. The molecule has 4 nitrogen and oxygen atoms in total. The van der Waals surface area contributed by atoms with E-state index < -0.39 is 17.9 Å². The Morgan fingerprint density at radius 2 is 2.13 bits per heavy atom. The molecule has 1 rings (SSSR count). The van der Waals surface area contributed by atoms with Crippen molar-refractivity contribution in [3.05, 3.63) is 23.8 Å². The highest BCUT2D eigenvalue weighted by Crippen LogP contribution is 2.27. The number of nitrogens with zero attached hydrogens (tertiary/aromatic N) is 2. The van der Waals surface area contributed by atoms with Crippen LogP contribution in [0.2, 0.25) is 0 Å². The molecule has 1 aromatic heterocycles. The van der Waals surface area contributed by atoms with Crippen molar-refractivity contribution >= 4 is 0 Å². The highest BCUT2D eigenvalue weighted by atomic mass is 19.4. The van der Waals surface area contributed by atoms with Crippen molar-refractivity contribution in [3.63, 3.8) is 0 Å². The van der Waals surface area contributed by atoms with Crippen LogP contribution in [0.15, 0.2) is 12.3 Å². The maximum Gasteiger partial charge on any atom is 0.433 e. The van der Waals surface area contributed by atoms with E-state index >= 15 is 0 Å². The summed E-state index contributed by atoms with van der Waals surface area (Å²) in [4.78, 5) is 6.91. The van der Waals surface area contributed by atoms with E-state index in [1.807, 2.05) is 0 Å². The molecule has 0 saturated heterocycles. The first-order valence-corrected chi connectivity index (χ1v) is 4.21. The van der Waals surface area contributed by atoms with Gasteiger partial charge in [-0.1, -0.05) is 0 Å². The third-order valence-corrected chi connectivity index (χ3v) is 1.74. The van der Waals surface area contributed by atoms with E-state index in [-0.39, 0.29) is 18.9 Å².